The van der Waals surface area contributed by atoms with Crippen LogP contribution in [0.2, 0.25) is 0 Å². The van der Waals surface area contributed by atoms with Gasteiger partial charge in [0.1, 0.15) is 0 Å². The largest absolute Gasteiger partial charge is 0.334 e. The summed E-state index contributed by atoms with van der Waals surface area (Å²) in [6.45, 7) is 4.29. The molecule has 0 aliphatic carbocycles. The molecule has 0 atom stereocenters. The molecular weight excluding hydrogens is 283 g/mol. The topological polar surface area (TPSA) is 66.9 Å². The minimum atomic E-state index is -0.567. The second-order valence-corrected chi connectivity index (χ2v) is 5.01. The van der Waals surface area contributed by atoms with Gasteiger partial charge in [-0.1, -0.05) is 13.0 Å². The van der Waals surface area contributed by atoms with E-state index >= 15 is 0 Å². The van der Waals surface area contributed by atoms with Crippen LogP contribution in [0.3, 0.4) is 0 Å². The lowest BCUT2D eigenvalue weighted by Gasteiger charge is -2.08. The van der Waals surface area contributed by atoms with Gasteiger partial charge in [0.15, 0.2) is 0 Å². The molecule has 0 fully saturated rings. The van der Waals surface area contributed by atoms with Crippen LogP contribution in [0.4, 0.5) is 9.18 Å². The van der Waals surface area contributed by atoms with Crippen LogP contribution in [0.25, 0.3) is 0 Å². The summed E-state index contributed by atoms with van der Waals surface area (Å²) in [7, 11) is 0. The molecule has 116 valence electrons. The summed E-state index contributed by atoms with van der Waals surface area (Å²) in [5, 5.41) is 5.29. The highest BCUT2D eigenvalue weighted by molar-refractivity contribution is 5.73. The number of pyridine rings is 2. The van der Waals surface area contributed by atoms with E-state index in [0.717, 1.165) is 23.2 Å². The van der Waals surface area contributed by atoms with Crippen LogP contribution in [0.1, 0.15) is 29.3 Å². The quantitative estimate of drug-likeness (QED) is 0.834. The van der Waals surface area contributed by atoms with E-state index in [1.807, 2.05) is 19.1 Å². The van der Waals surface area contributed by atoms with Crippen LogP contribution in [-0.2, 0) is 19.5 Å². The van der Waals surface area contributed by atoms with Crippen molar-refractivity contribution in [1.82, 2.24) is 20.6 Å². The molecule has 2 aromatic rings. The predicted molar refractivity (Wildman–Crippen MR) is 81.6 cm³/mol. The third-order valence-corrected chi connectivity index (χ3v) is 3.21. The summed E-state index contributed by atoms with van der Waals surface area (Å²) in [4.78, 5) is 19.6. The van der Waals surface area contributed by atoms with Gasteiger partial charge < -0.3 is 10.6 Å². The molecule has 0 spiro atoms. The van der Waals surface area contributed by atoms with E-state index in [-0.39, 0.29) is 12.6 Å². The van der Waals surface area contributed by atoms with Gasteiger partial charge in [0.2, 0.25) is 5.95 Å². The van der Waals surface area contributed by atoms with Crippen molar-refractivity contribution in [1.29, 1.82) is 0 Å². The summed E-state index contributed by atoms with van der Waals surface area (Å²) < 4.78 is 13.4. The van der Waals surface area contributed by atoms with Gasteiger partial charge in [-0.15, -0.1) is 0 Å². The van der Waals surface area contributed by atoms with Crippen LogP contribution in [0.5, 0.6) is 0 Å². The molecule has 0 bridgehead atoms. The Morgan fingerprint density at radius 3 is 2.64 bits per heavy atom. The van der Waals surface area contributed by atoms with Crippen LogP contribution in [0, 0.1) is 12.9 Å². The number of nitrogens with one attached hydrogen (secondary N) is 2. The van der Waals surface area contributed by atoms with Crippen molar-refractivity contribution in [3.63, 3.8) is 0 Å². The lowest BCUT2D eigenvalue weighted by atomic mass is 10.2. The SMILES string of the molecule is CCc1ccc(CNC(=O)NCc2cc(C)cnc2F)nc1. The number of hydrogen-bond acceptors (Lipinski definition) is 3. The number of rotatable bonds is 5. The highest BCUT2D eigenvalue weighted by atomic mass is 19.1. The fourth-order valence-corrected chi connectivity index (χ4v) is 1.91. The first-order valence-electron chi connectivity index (χ1n) is 7.15. The van der Waals surface area contributed by atoms with Gasteiger partial charge in [-0.05, 0) is 36.6 Å². The summed E-state index contributed by atoms with van der Waals surface area (Å²) in [5.41, 5.74) is 3.13. The smallest absolute Gasteiger partial charge is 0.315 e. The van der Waals surface area contributed by atoms with Crippen LogP contribution < -0.4 is 10.6 Å². The average molecular weight is 302 g/mol. The maximum absolute atomic E-state index is 13.4. The van der Waals surface area contributed by atoms with Gasteiger partial charge in [-0.2, -0.15) is 4.39 Å². The molecule has 22 heavy (non-hydrogen) atoms. The highest BCUT2D eigenvalue weighted by Gasteiger charge is 2.06. The molecule has 0 saturated heterocycles. The van der Waals surface area contributed by atoms with Crippen LogP contribution >= 0.6 is 0 Å². The molecule has 0 radical (unpaired) electrons. The lowest BCUT2D eigenvalue weighted by molar-refractivity contribution is 0.240. The van der Waals surface area contributed by atoms with Crippen LogP contribution in [0.15, 0.2) is 30.6 Å². The molecule has 2 N–H and O–H groups in total. The Kier molecular flexibility index (Phi) is 5.41. The van der Waals surface area contributed by atoms with Crippen molar-refractivity contribution in [3.05, 3.63) is 58.9 Å². The molecule has 0 aromatic carbocycles. The normalized spacial score (nSPS) is 10.3. The molecule has 2 heterocycles. The van der Waals surface area contributed by atoms with Crippen molar-refractivity contribution in [3.8, 4) is 0 Å². The number of amides is 2. The fourth-order valence-electron chi connectivity index (χ4n) is 1.91. The van der Waals surface area contributed by atoms with E-state index in [0.29, 0.717) is 12.1 Å². The second kappa shape index (κ2) is 7.49. The number of nitrogens with zero attached hydrogens (tertiary/aromatic N) is 2. The van der Waals surface area contributed by atoms with Crippen molar-refractivity contribution in [2.75, 3.05) is 0 Å². The van der Waals surface area contributed by atoms with Gasteiger partial charge in [0.25, 0.3) is 0 Å². The first-order valence-corrected chi connectivity index (χ1v) is 7.15. The minimum Gasteiger partial charge on any atom is -0.334 e. The number of carbonyl (C=O) groups is 1. The van der Waals surface area contributed by atoms with E-state index in [4.69, 9.17) is 0 Å². The first-order chi connectivity index (χ1) is 10.6. The Morgan fingerprint density at radius 2 is 1.95 bits per heavy atom. The van der Waals surface area contributed by atoms with Gasteiger partial charge in [-0.25, -0.2) is 9.78 Å². The number of hydrogen-bond donors (Lipinski definition) is 2. The minimum absolute atomic E-state index is 0.0918. The zero-order valence-electron chi connectivity index (χ0n) is 12.7. The third-order valence-electron chi connectivity index (χ3n) is 3.21. The monoisotopic (exact) mass is 302 g/mol. The number of halogens is 1. The highest BCUT2D eigenvalue weighted by Crippen LogP contribution is 2.06. The summed E-state index contributed by atoms with van der Waals surface area (Å²) in [6.07, 6.45) is 4.17. The van der Waals surface area contributed by atoms with Gasteiger partial charge in [0, 0.05) is 24.5 Å². The molecule has 0 saturated carbocycles. The zero-order chi connectivity index (χ0) is 15.9. The molecule has 0 aliphatic heterocycles. The fraction of sp³-hybridized carbons (Fsp3) is 0.312. The number of carbonyl (C=O) groups excluding carboxylic acids is 1. The maximum atomic E-state index is 13.4. The van der Waals surface area contributed by atoms with Crippen LogP contribution in [-0.4, -0.2) is 16.0 Å². The van der Waals surface area contributed by atoms with Crippen molar-refractivity contribution in [2.24, 2.45) is 0 Å². The summed E-state index contributed by atoms with van der Waals surface area (Å²) >= 11 is 0. The molecule has 0 unspecified atom stereocenters. The summed E-state index contributed by atoms with van der Waals surface area (Å²) in [5.74, 6) is -0.567. The Balaban J connectivity index is 1.81. The van der Waals surface area contributed by atoms with E-state index < -0.39 is 5.95 Å². The predicted octanol–water partition coefficient (Wildman–Crippen LogP) is 2.49. The Labute approximate surface area is 129 Å². The molecule has 2 rings (SSSR count). The molecule has 2 amide bonds. The first kappa shape index (κ1) is 15.9. The average Bonchev–Trinajstić information content (AvgIpc) is 2.54. The molecular formula is C16H19FN4O. The van der Waals surface area contributed by atoms with E-state index in [1.165, 1.54) is 6.20 Å². The second-order valence-electron chi connectivity index (χ2n) is 5.01. The van der Waals surface area contributed by atoms with Gasteiger partial charge in [0.05, 0.1) is 12.2 Å². The standard InChI is InChI=1S/C16H19FN4O/c1-3-12-4-5-14(18-8-12)10-21-16(22)20-9-13-6-11(2)7-19-15(13)17/h4-8H,3,9-10H2,1-2H3,(H2,20,21,22). The summed E-state index contributed by atoms with van der Waals surface area (Å²) in [6, 6.07) is 5.15. The Bertz CT molecular complexity index is 643. The number of aromatic nitrogens is 2. The zero-order valence-corrected chi connectivity index (χ0v) is 12.7. The Hall–Kier alpha value is -2.50. The lowest BCUT2D eigenvalue weighted by Crippen LogP contribution is -2.35. The molecule has 2 aromatic heterocycles. The molecule has 6 heteroatoms. The number of urea groups is 1. The maximum Gasteiger partial charge on any atom is 0.315 e. The molecule has 0 aliphatic rings. The van der Waals surface area contributed by atoms with Crippen molar-refractivity contribution in [2.45, 2.75) is 33.4 Å². The van der Waals surface area contributed by atoms with Gasteiger partial charge in [-0.3, -0.25) is 4.98 Å². The van der Waals surface area contributed by atoms with E-state index in [9.17, 15) is 9.18 Å². The van der Waals surface area contributed by atoms with Gasteiger partial charge >= 0.3 is 6.03 Å². The Morgan fingerprint density at radius 1 is 1.18 bits per heavy atom. The third kappa shape index (κ3) is 4.51. The van der Waals surface area contributed by atoms with Crippen molar-refractivity contribution >= 4 is 6.03 Å². The van der Waals surface area contributed by atoms with E-state index in [2.05, 4.69) is 27.5 Å². The number of aryl methyl sites for hydroxylation is 2. The molecule has 5 nitrogen and oxygen atoms in total. The van der Waals surface area contributed by atoms with E-state index in [1.54, 1.807) is 12.3 Å². The van der Waals surface area contributed by atoms with Crippen molar-refractivity contribution < 1.29 is 9.18 Å².